The molecular formula is C17H12ClF4N2O3P. The van der Waals surface area contributed by atoms with E-state index in [9.17, 15) is 26.9 Å². The second-order valence-electron chi connectivity index (χ2n) is 5.83. The normalized spacial score (nSPS) is 14.2. The van der Waals surface area contributed by atoms with Gasteiger partial charge < -0.3 is 15.2 Å². The Kier molecular flexibility index (Phi) is 5.04. The van der Waals surface area contributed by atoms with E-state index in [2.05, 4.69) is 4.98 Å². The SMILES string of the molecule is COP(=O)(c1cc(F)cc(C(F)(F)F)c1)c1c(C(N)=O)[nH]c2ccc(Cl)cc12. The molecule has 1 aromatic heterocycles. The number of hydrogen-bond acceptors (Lipinski definition) is 3. The van der Waals surface area contributed by atoms with Crippen LogP contribution in [-0.2, 0) is 15.3 Å². The molecule has 3 N–H and O–H groups in total. The average Bonchev–Trinajstić information content (AvgIpc) is 2.99. The largest absolute Gasteiger partial charge is 0.416 e. The number of nitrogens with one attached hydrogen (secondary N) is 1. The maximum atomic E-state index is 13.9. The molecule has 0 saturated carbocycles. The second kappa shape index (κ2) is 6.92. The predicted molar refractivity (Wildman–Crippen MR) is 97.1 cm³/mol. The van der Waals surface area contributed by atoms with Crippen LogP contribution in [0, 0.1) is 5.82 Å². The van der Waals surface area contributed by atoms with E-state index >= 15 is 0 Å². The molecule has 0 saturated heterocycles. The lowest BCUT2D eigenvalue weighted by molar-refractivity contribution is -0.137. The fourth-order valence-electron chi connectivity index (χ4n) is 2.87. The molecule has 28 heavy (non-hydrogen) atoms. The van der Waals surface area contributed by atoms with Crippen LogP contribution < -0.4 is 16.3 Å². The highest BCUT2D eigenvalue weighted by Crippen LogP contribution is 2.48. The van der Waals surface area contributed by atoms with Gasteiger partial charge in [0, 0.05) is 28.3 Å². The number of amides is 1. The third-order valence-electron chi connectivity index (χ3n) is 4.08. The summed E-state index contributed by atoms with van der Waals surface area (Å²) in [5.74, 6) is -2.28. The number of hydrogen-bond donors (Lipinski definition) is 2. The maximum Gasteiger partial charge on any atom is 0.416 e. The van der Waals surface area contributed by atoms with Gasteiger partial charge in [0.05, 0.1) is 10.9 Å². The quantitative estimate of drug-likeness (QED) is 0.481. The second-order valence-corrected chi connectivity index (χ2v) is 8.70. The lowest BCUT2D eigenvalue weighted by atomic mass is 10.2. The van der Waals surface area contributed by atoms with Gasteiger partial charge in [0.25, 0.3) is 13.3 Å². The molecule has 2 aromatic carbocycles. The van der Waals surface area contributed by atoms with Gasteiger partial charge in [-0.15, -0.1) is 0 Å². The summed E-state index contributed by atoms with van der Waals surface area (Å²) in [6.45, 7) is 0. The van der Waals surface area contributed by atoms with Crippen molar-refractivity contribution in [1.82, 2.24) is 4.98 Å². The molecule has 0 bridgehead atoms. The van der Waals surface area contributed by atoms with Gasteiger partial charge >= 0.3 is 6.18 Å². The Morgan fingerprint density at radius 1 is 1.21 bits per heavy atom. The average molecular weight is 435 g/mol. The number of primary amides is 1. The summed E-state index contributed by atoms with van der Waals surface area (Å²) in [5.41, 5.74) is 3.96. The zero-order valence-corrected chi connectivity index (χ0v) is 15.8. The number of carbonyl (C=O) groups is 1. The molecule has 0 fully saturated rings. The van der Waals surface area contributed by atoms with E-state index < -0.39 is 36.1 Å². The van der Waals surface area contributed by atoms with Gasteiger partial charge in [0.1, 0.15) is 11.5 Å². The van der Waals surface area contributed by atoms with E-state index in [1.165, 1.54) is 18.2 Å². The van der Waals surface area contributed by atoms with Crippen molar-refractivity contribution >= 4 is 46.4 Å². The molecule has 1 heterocycles. The van der Waals surface area contributed by atoms with Gasteiger partial charge in [-0.05, 0) is 36.4 Å². The summed E-state index contributed by atoms with van der Waals surface area (Å²) in [4.78, 5) is 14.5. The van der Waals surface area contributed by atoms with E-state index in [1.54, 1.807) is 0 Å². The van der Waals surface area contributed by atoms with Crippen molar-refractivity contribution in [2.75, 3.05) is 7.11 Å². The van der Waals surface area contributed by atoms with Crippen molar-refractivity contribution in [2.45, 2.75) is 6.18 Å². The van der Waals surface area contributed by atoms with Crippen molar-refractivity contribution in [2.24, 2.45) is 5.73 Å². The number of fused-ring (bicyclic) bond motifs is 1. The van der Waals surface area contributed by atoms with Crippen LogP contribution in [0.25, 0.3) is 10.9 Å². The van der Waals surface area contributed by atoms with E-state index in [0.717, 1.165) is 7.11 Å². The third-order valence-corrected chi connectivity index (χ3v) is 6.82. The number of benzene rings is 2. The molecule has 3 rings (SSSR count). The minimum Gasteiger partial charge on any atom is -0.364 e. The van der Waals surface area contributed by atoms with Gasteiger partial charge in [-0.25, -0.2) is 4.39 Å². The minimum absolute atomic E-state index is 0.157. The first-order valence-electron chi connectivity index (χ1n) is 7.63. The minimum atomic E-state index is -4.88. The van der Waals surface area contributed by atoms with Crippen molar-refractivity contribution in [1.29, 1.82) is 0 Å². The smallest absolute Gasteiger partial charge is 0.364 e. The van der Waals surface area contributed by atoms with E-state index in [1.807, 2.05) is 0 Å². The van der Waals surface area contributed by atoms with Crippen molar-refractivity contribution < 1.29 is 31.4 Å². The van der Waals surface area contributed by atoms with E-state index in [4.69, 9.17) is 21.9 Å². The van der Waals surface area contributed by atoms with Gasteiger partial charge in [-0.1, -0.05) is 11.6 Å². The molecule has 5 nitrogen and oxygen atoms in total. The standard InChI is InChI=1S/C17H12ClF4N2O3P/c1-27-28(26,11-5-8(17(20,21)22)4-10(19)7-11)15-12-6-9(18)2-3-13(12)24-14(15)16(23)25/h2-7,24H,1H3,(H2,23,25). The molecule has 1 unspecified atom stereocenters. The first-order chi connectivity index (χ1) is 13.0. The van der Waals surface area contributed by atoms with Crippen LogP contribution in [0.2, 0.25) is 5.02 Å². The highest BCUT2D eigenvalue weighted by molar-refractivity contribution is 7.75. The molecule has 148 valence electrons. The molecule has 1 amide bonds. The van der Waals surface area contributed by atoms with Gasteiger partial charge in [0.15, 0.2) is 0 Å². The first-order valence-corrected chi connectivity index (χ1v) is 9.63. The van der Waals surface area contributed by atoms with Crippen LogP contribution in [0.5, 0.6) is 0 Å². The number of alkyl halides is 3. The number of halogens is 5. The highest BCUT2D eigenvalue weighted by atomic mass is 35.5. The lowest BCUT2D eigenvalue weighted by Gasteiger charge is -2.19. The number of nitrogens with two attached hydrogens (primary N) is 1. The Balaban J connectivity index is 2.40. The topological polar surface area (TPSA) is 85.2 Å². The summed E-state index contributed by atoms with van der Waals surface area (Å²) in [5, 5.41) is -0.490. The van der Waals surface area contributed by atoms with Gasteiger partial charge in [0.2, 0.25) is 0 Å². The number of rotatable bonds is 4. The Hall–Kier alpha value is -2.35. The van der Waals surface area contributed by atoms with Crippen LogP contribution in [0.1, 0.15) is 16.1 Å². The van der Waals surface area contributed by atoms with Crippen molar-refractivity contribution in [3.63, 3.8) is 0 Å². The fourth-order valence-corrected chi connectivity index (χ4v) is 5.26. The zero-order chi connectivity index (χ0) is 20.9. The van der Waals surface area contributed by atoms with Crippen LogP contribution in [0.3, 0.4) is 0 Å². The summed E-state index contributed by atoms with van der Waals surface area (Å²) in [6, 6.07) is 5.75. The van der Waals surface area contributed by atoms with Crippen LogP contribution in [0.4, 0.5) is 17.6 Å². The van der Waals surface area contributed by atoms with E-state index in [-0.39, 0.29) is 27.5 Å². The molecule has 1 atom stereocenters. The molecule has 3 aromatic rings. The zero-order valence-electron chi connectivity index (χ0n) is 14.1. The van der Waals surface area contributed by atoms with Crippen LogP contribution in [0.15, 0.2) is 36.4 Å². The molecule has 0 aliphatic carbocycles. The number of aromatic amines is 1. The van der Waals surface area contributed by atoms with Crippen molar-refractivity contribution in [3.8, 4) is 0 Å². The Bertz CT molecular complexity index is 1140. The van der Waals surface area contributed by atoms with Gasteiger partial charge in [-0.3, -0.25) is 9.36 Å². The molecule has 0 spiro atoms. The lowest BCUT2D eigenvalue weighted by Crippen LogP contribution is -2.26. The van der Waals surface area contributed by atoms with E-state index in [0.29, 0.717) is 17.6 Å². The summed E-state index contributed by atoms with van der Waals surface area (Å²) >= 11 is 5.96. The molecule has 11 heteroatoms. The predicted octanol–water partition coefficient (Wildman–Crippen LogP) is 3.95. The molecular weight excluding hydrogens is 423 g/mol. The highest BCUT2D eigenvalue weighted by Gasteiger charge is 2.39. The van der Waals surface area contributed by atoms with Crippen LogP contribution in [-0.4, -0.2) is 18.0 Å². The van der Waals surface area contributed by atoms with Crippen molar-refractivity contribution in [3.05, 3.63) is 58.5 Å². The fraction of sp³-hybridized carbons (Fsp3) is 0.118. The summed E-state index contributed by atoms with van der Waals surface area (Å²) < 4.78 is 72.0. The summed E-state index contributed by atoms with van der Waals surface area (Å²) in [6.07, 6.45) is -4.88. The number of carbonyl (C=O) groups excluding carboxylic acids is 1. The monoisotopic (exact) mass is 434 g/mol. The number of aromatic nitrogens is 1. The van der Waals surface area contributed by atoms with Crippen LogP contribution >= 0.6 is 19.0 Å². The molecule has 0 radical (unpaired) electrons. The Morgan fingerprint density at radius 2 is 1.89 bits per heavy atom. The number of H-pyrrole nitrogens is 1. The summed E-state index contributed by atoms with van der Waals surface area (Å²) in [7, 11) is -3.39. The maximum absolute atomic E-state index is 13.9. The Morgan fingerprint density at radius 3 is 2.46 bits per heavy atom. The molecule has 0 aliphatic heterocycles. The molecule has 0 aliphatic rings. The Labute approximate surface area is 160 Å². The third kappa shape index (κ3) is 3.41. The first kappa shape index (κ1) is 20.4. The van der Waals surface area contributed by atoms with Gasteiger partial charge in [-0.2, -0.15) is 13.2 Å².